The van der Waals surface area contributed by atoms with Gasteiger partial charge in [-0.3, -0.25) is 9.59 Å². The van der Waals surface area contributed by atoms with E-state index in [-0.39, 0.29) is 22.9 Å². The number of ketones is 1. The molecule has 1 aliphatic rings. The van der Waals surface area contributed by atoms with E-state index in [2.05, 4.69) is 0 Å². The van der Waals surface area contributed by atoms with E-state index in [4.69, 9.17) is 27.6 Å². The van der Waals surface area contributed by atoms with Crippen LogP contribution in [0.3, 0.4) is 0 Å². The first-order valence-corrected chi connectivity index (χ1v) is 9.96. The second-order valence-electron chi connectivity index (χ2n) is 6.99. The maximum atomic E-state index is 13.0. The number of Topliss-reactive ketones (excluding diaryl/α,β-unsaturated/α-hetero) is 1. The number of halogens is 2. The SMILES string of the molecule is Cc1ccccc1C1/C(=C(\O)c2ccc(Cl)c(Cl)c2)C(=O)C(=O)N1Cc1ccco1. The Bertz CT molecular complexity index is 1170. The smallest absolute Gasteiger partial charge is 0.296 e. The third-order valence-electron chi connectivity index (χ3n) is 5.12. The first kappa shape index (κ1) is 20.3. The topological polar surface area (TPSA) is 70.8 Å². The van der Waals surface area contributed by atoms with E-state index in [0.29, 0.717) is 16.3 Å². The Morgan fingerprint density at radius 3 is 2.50 bits per heavy atom. The molecule has 0 saturated carbocycles. The third kappa shape index (κ3) is 3.51. The third-order valence-corrected chi connectivity index (χ3v) is 5.86. The van der Waals surface area contributed by atoms with Crippen molar-refractivity contribution in [2.45, 2.75) is 19.5 Å². The molecule has 3 aromatic rings. The second kappa shape index (κ2) is 8.01. The van der Waals surface area contributed by atoms with Crippen LogP contribution in [0.15, 0.2) is 70.9 Å². The molecule has 0 aliphatic carbocycles. The number of hydrogen-bond donors (Lipinski definition) is 1. The number of carbonyl (C=O) groups excluding carboxylic acids is 2. The van der Waals surface area contributed by atoms with Gasteiger partial charge in [-0.15, -0.1) is 0 Å². The Balaban J connectivity index is 1.90. The van der Waals surface area contributed by atoms with Crippen LogP contribution in [0.4, 0.5) is 0 Å². The largest absolute Gasteiger partial charge is 0.507 e. The molecular formula is C23H17Cl2NO4. The maximum absolute atomic E-state index is 13.0. The van der Waals surface area contributed by atoms with E-state index in [1.54, 1.807) is 18.2 Å². The van der Waals surface area contributed by atoms with Gasteiger partial charge in [-0.05, 0) is 48.4 Å². The summed E-state index contributed by atoms with van der Waals surface area (Å²) in [5.41, 5.74) is 1.93. The van der Waals surface area contributed by atoms with Gasteiger partial charge in [0.15, 0.2) is 0 Å². The summed E-state index contributed by atoms with van der Waals surface area (Å²) in [6.07, 6.45) is 1.50. The molecule has 1 aromatic heterocycles. The van der Waals surface area contributed by atoms with Gasteiger partial charge in [-0.2, -0.15) is 0 Å². The number of aliphatic hydroxyl groups is 1. The van der Waals surface area contributed by atoms with Crippen LogP contribution >= 0.6 is 23.2 Å². The number of likely N-dealkylation sites (tertiary alicyclic amines) is 1. The van der Waals surface area contributed by atoms with Crippen LogP contribution in [-0.2, 0) is 16.1 Å². The highest BCUT2D eigenvalue weighted by Crippen LogP contribution is 2.41. The number of amides is 1. The summed E-state index contributed by atoms with van der Waals surface area (Å²) in [7, 11) is 0. The van der Waals surface area contributed by atoms with Crippen LogP contribution in [0, 0.1) is 6.92 Å². The molecule has 5 nitrogen and oxygen atoms in total. The average Bonchev–Trinajstić information content (AvgIpc) is 3.32. The standard InChI is InChI=1S/C23H17Cl2NO4/c1-13-5-2-3-7-16(13)20-19(21(27)14-8-9-17(24)18(25)11-14)22(28)23(29)26(20)12-15-6-4-10-30-15/h2-11,20,27H,12H2,1H3/b21-19+. The molecule has 2 aromatic carbocycles. The van der Waals surface area contributed by atoms with Crippen molar-refractivity contribution in [3.05, 3.63) is 98.9 Å². The van der Waals surface area contributed by atoms with Crippen molar-refractivity contribution >= 4 is 40.7 Å². The van der Waals surface area contributed by atoms with Gasteiger partial charge in [-0.25, -0.2) is 0 Å². The number of hydrogen-bond acceptors (Lipinski definition) is 4. The quantitative estimate of drug-likeness (QED) is 0.328. The molecule has 1 N–H and O–H groups in total. The van der Waals surface area contributed by atoms with Crippen LogP contribution in [0.2, 0.25) is 10.0 Å². The van der Waals surface area contributed by atoms with Crippen molar-refractivity contribution in [2.24, 2.45) is 0 Å². The van der Waals surface area contributed by atoms with Crippen molar-refractivity contribution in [1.82, 2.24) is 4.90 Å². The van der Waals surface area contributed by atoms with Gasteiger partial charge < -0.3 is 14.4 Å². The minimum absolute atomic E-state index is 0.000699. The monoisotopic (exact) mass is 441 g/mol. The predicted molar refractivity (Wildman–Crippen MR) is 114 cm³/mol. The van der Waals surface area contributed by atoms with Crippen molar-refractivity contribution < 1.29 is 19.1 Å². The molecule has 30 heavy (non-hydrogen) atoms. The summed E-state index contributed by atoms with van der Waals surface area (Å²) in [5.74, 6) is -1.24. The first-order valence-electron chi connectivity index (χ1n) is 9.20. The van der Waals surface area contributed by atoms with Gasteiger partial charge >= 0.3 is 0 Å². The van der Waals surface area contributed by atoms with Crippen LogP contribution in [0.5, 0.6) is 0 Å². The molecule has 1 amide bonds. The minimum Gasteiger partial charge on any atom is -0.507 e. The maximum Gasteiger partial charge on any atom is 0.296 e. The molecule has 4 rings (SSSR count). The summed E-state index contributed by atoms with van der Waals surface area (Å²) in [5, 5.41) is 11.6. The lowest BCUT2D eigenvalue weighted by Gasteiger charge is -2.25. The highest BCUT2D eigenvalue weighted by molar-refractivity contribution is 6.46. The number of rotatable bonds is 4. The highest BCUT2D eigenvalue weighted by atomic mass is 35.5. The number of carbonyl (C=O) groups is 2. The summed E-state index contributed by atoms with van der Waals surface area (Å²) >= 11 is 12.1. The minimum atomic E-state index is -0.772. The summed E-state index contributed by atoms with van der Waals surface area (Å²) in [4.78, 5) is 27.4. The normalized spacial score (nSPS) is 18.2. The van der Waals surface area contributed by atoms with Crippen molar-refractivity contribution in [3.8, 4) is 0 Å². The highest BCUT2D eigenvalue weighted by Gasteiger charge is 2.46. The van der Waals surface area contributed by atoms with Crippen LogP contribution < -0.4 is 0 Å². The molecule has 0 spiro atoms. The van der Waals surface area contributed by atoms with Crippen LogP contribution in [-0.4, -0.2) is 21.7 Å². The van der Waals surface area contributed by atoms with Gasteiger partial charge in [0.25, 0.3) is 11.7 Å². The van der Waals surface area contributed by atoms with E-state index in [1.807, 2.05) is 31.2 Å². The zero-order valence-corrected chi connectivity index (χ0v) is 17.4. The number of furan rings is 1. The predicted octanol–water partition coefficient (Wildman–Crippen LogP) is 5.52. The summed E-state index contributed by atoms with van der Waals surface area (Å²) < 4.78 is 5.39. The van der Waals surface area contributed by atoms with Crippen molar-refractivity contribution in [1.29, 1.82) is 0 Å². The first-order chi connectivity index (χ1) is 14.4. The number of aliphatic hydroxyl groups excluding tert-OH is 1. The van der Waals surface area contributed by atoms with Crippen LogP contribution in [0.1, 0.15) is 28.5 Å². The molecule has 1 aliphatic heterocycles. The zero-order chi connectivity index (χ0) is 21.4. The van der Waals surface area contributed by atoms with Crippen molar-refractivity contribution in [3.63, 3.8) is 0 Å². The Labute approximate surface area is 183 Å². The van der Waals surface area contributed by atoms with E-state index >= 15 is 0 Å². The van der Waals surface area contributed by atoms with Gasteiger partial charge in [0.2, 0.25) is 0 Å². The Morgan fingerprint density at radius 1 is 1.07 bits per heavy atom. The van der Waals surface area contributed by atoms with Gasteiger partial charge in [0, 0.05) is 5.56 Å². The molecule has 1 fully saturated rings. The van der Waals surface area contributed by atoms with Crippen LogP contribution in [0.25, 0.3) is 5.76 Å². The molecule has 1 saturated heterocycles. The number of aryl methyl sites for hydroxylation is 1. The fourth-order valence-corrected chi connectivity index (χ4v) is 3.93. The zero-order valence-electron chi connectivity index (χ0n) is 15.9. The second-order valence-corrected chi connectivity index (χ2v) is 7.81. The van der Waals surface area contributed by atoms with Gasteiger partial charge in [-0.1, -0.05) is 47.5 Å². The van der Waals surface area contributed by atoms with E-state index in [9.17, 15) is 14.7 Å². The van der Waals surface area contributed by atoms with Gasteiger partial charge in [0.1, 0.15) is 11.5 Å². The molecule has 1 atom stereocenters. The lowest BCUT2D eigenvalue weighted by Crippen LogP contribution is -2.29. The molecule has 2 heterocycles. The molecule has 1 unspecified atom stereocenters. The Hall–Kier alpha value is -3.02. The molecule has 7 heteroatoms. The molecule has 0 bridgehead atoms. The van der Waals surface area contributed by atoms with E-state index in [1.165, 1.54) is 23.3 Å². The Kier molecular flexibility index (Phi) is 5.41. The lowest BCUT2D eigenvalue weighted by atomic mass is 9.92. The van der Waals surface area contributed by atoms with E-state index < -0.39 is 17.7 Å². The molecule has 0 radical (unpaired) electrons. The summed E-state index contributed by atoms with van der Waals surface area (Å²) in [6.45, 7) is 1.98. The summed E-state index contributed by atoms with van der Waals surface area (Å²) in [6, 6.07) is 14.6. The lowest BCUT2D eigenvalue weighted by molar-refractivity contribution is -0.140. The number of nitrogens with zero attached hydrogens (tertiary/aromatic N) is 1. The number of benzene rings is 2. The fourth-order valence-electron chi connectivity index (χ4n) is 3.63. The molecule has 152 valence electrons. The Morgan fingerprint density at radius 2 is 1.83 bits per heavy atom. The van der Waals surface area contributed by atoms with E-state index in [0.717, 1.165) is 11.1 Å². The fraction of sp³-hybridized carbons (Fsp3) is 0.130. The van der Waals surface area contributed by atoms with Crippen molar-refractivity contribution in [2.75, 3.05) is 0 Å². The van der Waals surface area contributed by atoms with Gasteiger partial charge in [0.05, 0.1) is 34.5 Å². The molecular weight excluding hydrogens is 425 g/mol. The average molecular weight is 442 g/mol.